The lowest BCUT2D eigenvalue weighted by Gasteiger charge is -2.33. The van der Waals surface area contributed by atoms with Gasteiger partial charge in [-0.05, 0) is 42.1 Å². The Morgan fingerprint density at radius 2 is 2.10 bits per heavy atom. The Kier molecular flexibility index (Phi) is 4.86. The van der Waals surface area contributed by atoms with Crippen LogP contribution >= 0.6 is 15.9 Å². The van der Waals surface area contributed by atoms with E-state index in [0.717, 1.165) is 28.8 Å². The normalized spacial score (nSPS) is 18.1. The average molecular weight is 345 g/mol. The molecule has 2 rings (SSSR count). The molecule has 1 N–H and O–H groups in total. The van der Waals surface area contributed by atoms with Crippen LogP contribution in [0.4, 0.5) is 0 Å². The van der Waals surface area contributed by atoms with E-state index in [0.29, 0.717) is 32.5 Å². The van der Waals surface area contributed by atoms with Gasteiger partial charge in [-0.3, -0.25) is 9.48 Å². The first-order valence-corrected chi connectivity index (χ1v) is 7.88. The molecular weight excluding hydrogens is 324 g/mol. The van der Waals surface area contributed by atoms with Gasteiger partial charge in [0.2, 0.25) is 0 Å². The Balaban J connectivity index is 2.35. The largest absolute Gasteiger partial charge is 0.481 e. The number of carbonyl (C=O) groups is 1. The van der Waals surface area contributed by atoms with Gasteiger partial charge in [-0.2, -0.15) is 5.10 Å². The molecule has 0 spiro atoms. The van der Waals surface area contributed by atoms with Gasteiger partial charge in [0, 0.05) is 26.2 Å². The van der Waals surface area contributed by atoms with Gasteiger partial charge >= 0.3 is 5.97 Å². The first-order chi connectivity index (χ1) is 9.54. The number of ether oxygens (including phenoxy) is 1. The minimum absolute atomic E-state index is 0.507. The first-order valence-electron chi connectivity index (χ1n) is 7.09. The van der Waals surface area contributed by atoms with Gasteiger partial charge in [0.05, 0.1) is 21.3 Å². The van der Waals surface area contributed by atoms with Crippen molar-refractivity contribution in [2.45, 2.75) is 46.1 Å². The summed E-state index contributed by atoms with van der Waals surface area (Å²) in [6.07, 6.45) is 2.47. The van der Waals surface area contributed by atoms with Gasteiger partial charge in [-0.25, -0.2) is 0 Å². The second-order valence-electron chi connectivity index (χ2n) is 5.25. The van der Waals surface area contributed by atoms with Gasteiger partial charge < -0.3 is 9.84 Å². The molecule has 1 aromatic rings. The smallest absolute Gasteiger partial charge is 0.310 e. The third-order valence-corrected chi connectivity index (χ3v) is 5.02. The van der Waals surface area contributed by atoms with Gasteiger partial charge in [0.25, 0.3) is 0 Å². The second kappa shape index (κ2) is 6.26. The molecular formula is C14H21BrN2O3. The number of carboxylic acid groups (broad SMARTS) is 1. The topological polar surface area (TPSA) is 64.4 Å². The Morgan fingerprint density at radius 1 is 1.45 bits per heavy atom. The summed E-state index contributed by atoms with van der Waals surface area (Å²) in [5.74, 6) is -0.727. The highest BCUT2D eigenvalue weighted by atomic mass is 79.9. The summed E-state index contributed by atoms with van der Waals surface area (Å²) in [5, 5.41) is 14.2. The van der Waals surface area contributed by atoms with E-state index in [1.54, 1.807) is 0 Å². The molecule has 1 fully saturated rings. The number of carboxylic acids is 1. The van der Waals surface area contributed by atoms with Crippen LogP contribution in [0.1, 0.15) is 38.1 Å². The first kappa shape index (κ1) is 15.5. The van der Waals surface area contributed by atoms with Crippen molar-refractivity contribution >= 4 is 21.9 Å². The van der Waals surface area contributed by atoms with Gasteiger partial charge in [0.15, 0.2) is 0 Å². The van der Waals surface area contributed by atoms with Crippen LogP contribution in [-0.2, 0) is 28.9 Å². The van der Waals surface area contributed by atoms with E-state index in [2.05, 4.69) is 28.0 Å². The number of aromatic nitrogens is 2. The van der Waals surface area contributed by atoms with Crippen molar-refractivity contribution < 1.29 is 14.6 Å². The van der Waals surface area contributed by atoms with Crippen LogP contribution in [0.25, 0.3) is 0 Å². The predicted molar refractivity (Wildman–Crippen MR) is 78.8 cm³/mol. The van der Waals surface area contributed by atoms with Crippen LogP contribution in [0.3, 0.4) is 0 Å². The minimum Gasteiger partial charge on any atom is -0.481 e. The number of aryl methyl sites for hydroxylation is 2. The molecule has 0 saturated carbocycles. The molecule has 0 radical (unpaired) electrons. The SMILES string of the molecule is CCc1nn(CC)c(CC2(C(=O)O)CCOCC2)c1Br. The molecule has 0 bridgehead atoms. The number of hydrogen-bond acceptors (Lipinski definition) is 3. The Labute approximate surface area is 127 Å². The number of halogens is 1. The van der Waals surface area contributed by atoms with E-state index in [4.69, 9.17) is 4.74 Å². The molecule has 1 aromatic heterocycles. The zero-order valence-corrected chi connectivity index (χ0v) is 13.6. The summed E-state index contributed by atoms with van der Waals surface area (Å²) in [6.45, 7) is 5.87. The van der Waals surface area contributed by atoms with E-state index in [1.807, 2.05) is 11.6 Å². The Morgan fingerprint density at radius 3 is 2.60 bits per heavy atom. The van der Waals surface area contributed by atoms with Crippen LogP contribution in [-0.4, -0.2) is 34.1 Å². The van der Waals surface area contributed by atoms with Crippen LogP contribution in [0.2, 0.25) is 0 Å². The highest BCUT2D eigenvalue weighted by Crippen LogP contribution is 2.37. The quantitative estimate of drug-likeness (QED) is 0.891. The second-order valence-corrected chi connectivity index (χ2v) is 6.04. The number of aliphatic carboxylic acids is 1. The third-order valence-electron chi connectivity index (χ3n) is 4.10. The predicted octanol–water partition coefficient (Wildman–Crippen LogP) is 2.65. The van der Waals surface area contributed by atoms with Crippen molar-refractivity contribution in [2.75, 3.05) is 13.2 Å². The molecule has 1 aliphatic rings. The summed E-state index contributed by atoms with van der Waals surface area (Å²) in [5.41, 5.74) is 1.27. The van der Waals surface area contributed by atoms with Gasteiger partial charge in [0.1, 0.15) is 0 Å². The van der Waals surface area contributed by atoms with Crippen molar-refractivity contribution in [2.24, 2.45) is 5.41 Å². The summed E-state index contributed by atoms with van der Waals surface area (Å²) in [4.78, 5) is 11.8. The fourth-order valence-electron chi connectivity index (χ4n) is 2.74. The van der Waals surface area contributed by atoms with Crippen molar-refractivity contribution in [3.8, 4) is 0 Å². The fraction of sp³-hybridized carbons (Fsp3) is 0.714. The van der Waals surface area contributed by atoms with Crippen molar-refractivity contribution in [3.05, 3.63) is 15.9 Å². The lowest BCUT2D eigenvalue weighted by atomic mass is 9.76. The maximum Gasteiger partial charge on any atom is 0.310 e. The van der Waals surface area contributed by atoms with E-state index in [-0.39, 0.29) is 0 Å². The fourth-order valence-corrected chi connectivity index (χ4v) is 3.44. The molecule has 0 amide bonds. The van der Waals surface area contributed by atoms with Crippen LogP contribution in [0, 0.1) is 5.41 Å². The summed E-state index contributed by atoms with van der Waals surface area (Å²) in [7, 11) is 0. The lowest BCUT2D eigenvalue weighted by Crippen LogP contribution is -2.39. The number of rotatable bonds is 5. The lowest BCUT2D eigenvalue weighted by molar-refractivity contribution is -0.154. The maximum absolute atomic E-state index is 11.8. The molecule has 20 heavy (non-hydrogen) atoms. The molecule has 1 aliphatic heterocycles. The zero-order valence-electron chi connectivity index (χ0n) is 12.0. The zero-order chi connectivity index (χ0) is 14.8. The van der Waals surface area contributed by atoms with E-state index < -0.39 is 11.4 Å². The molecule has 6 heteroatoms. The third kappa shape index (κ3) is 2.76. The average Bonchev–Trinajstić information content (AvgIpc) is 2.76. The van der Waals surface area contributed by atoms with Crippen molar-refractivity contribution in [3.63, 3.8) is 0 Å². The van der Waals surface area contributed by atoms with E-state index in [1.165, 1.54) is 0 Å². The number of nitrogens with zero attached hydrogens (tertiary/aromatic N) is 2. The van der Waals surface area contributed by atoms with Crippen LogP contribution in [0.5, 0.6) is 0 Å². The van der Waals surface area contributed by atoms with E-state index >= 15 is 0 Å². The highest BCUT2D eigenvalue weighted by Gasteiger charge is 2.41. The van der Waals surface area contributed by atoms with Gasteiger partial charge in [-0.1, -0.05) is 6.92 Å². The monoisotopic (exact) mass is 344 g/mol. The Bertz CT molecular complexity index is 493. The van der Waals surface area contributed by atoms with E-state index in [9.17, 15) is 9.90 Å². The summed E-state index contributed by atoms with van der Waals surface area (Å²) >= 11 is 3.60. The molecule has 0 aromatic carbocycles. The molecule has 1 saturated heterocycles. The molecule has 0 aliphatic carbocycles. The maximum atomic E-state index is 11.8. The molecule has 112 valence electrons. The molecule has 0 atom stereocenters. The standard InChI is InChI=1S/C14H21BrN2O3/c1-3-10-12(15)11(17(4-2)16-10)9-14(13(18)19)5-7-20-8-6-14/h3-9H2,1-2H3,(H,18,19). The minimum atomic E-state index is -0.727. The summed E-state index contributed by atoms with van der Waals surface area (Å²) in [6, 6.07) is 0. The highest BCUT2D eigenvalue weighted by molar-refractivity contribution is 9.10. The van der Waals surface area contributed by atoms with Crippen LogP contribution < -0.4 is 0 Å². The summed E-state index contributed by atoms with van der Waals surface area (Å²) < 4.78 is 8.21. The Hall–Kier alpha value is -0.880. The van der Waals surface area contributed by atoms with Gasteiger partial charge in [-0.15, -0.1) is 0 Å². The van der Waals surface area contributed by atoms with Crippen molar-refractivity contribution in [1.29, 1.82) is 0 Å². The van der Waals surface area contributed by atoms with Crippen LogP contribution in [0.15, 0.2) is 4.47 Å². The molecule has 0 unspecified atom stereocenters. The molecule has 2 heterocycles. The van der Waals surface area contributed by atoms with Crippen molar-refractivity contribution in [1.82, 2.24) is 9.78 Å². The number of hydrogen-bond donors (Lipinski definition) is 1. The molecule has 5 nitrogen and oxygen atoms in total.